The third-order valence-corrected chi connectivity index (χ3v) is 2.61. The highest BCUT2D eigenvalue weighted by molar-refractivity contribution is 5.54. The van der Waals surface area contributed by atoms with E-state index in [0.717, 1.165) is 22.7 Å². The molecule has 4 nitrogen and oxygen atoms in total. The first-order chi connectivity index (χ1) is 7.15. The van der Waals surface area contributed by atoms with Crippen molar-refractivity contribution in [2.24, 2.45) is 5.73 Å². The van der Waals surface area contributed by atoms with Gasteiger partial charge in [-0.1, -0.05) is 6.07 Å². The van der Waals surface area contributed by atoms with Crippen LogP contribution in [0.1, 0.15) is 23.3 Å². The lowest BCUT2D eigenvalue weighted by molar-refractivity contribution is 0.180. The number of hydrogen-bond donors (Lipinski definition) is 2. The summed E-state index contributed by atoms with van der Waals surface area (Å²) in [7, 11) is 0. The van der Waals surface area contributed by atoms with Crippen molar-refractivity contribution in [3.63, 3.8) is 0 Å². The number of aliphatic hydroxyl groups is 1. The van der Waals surface area contributed by atoms with Crippen LogP contribution in [0, 0.1) is 13.8 Å². The highest BCUT2D eigenvalue weighted by Gasteiger charge is 2.12. The number of nitrogens with zero attached hydrogens (tertiary/aromatic N) is 2. The molecule has 1 unspecified atom stereocenters. The number of rotatable bonds is 2. The van der Waals surface area contributed by atoms with E-state index in [1.54, 1.807) is 0 Å². The van der Waals surface area contributed by atoms with Crippen LogP contribution in [0.5, 0.6) is 0 Å². The molecule has 0 saturated carbocycles. The topological polar surface area (TPSA) is 63.5 Å². The minimum Gasteiger partial charge on any atom is -0.386 e. The first kappa shape index (κ1) is 10.1. The summed E-state index contributed by atoms with van der Waals surface area (Å²) in [6.07, 6.45) is -0.638. The number of aliphatic hydroxyl groups excluding tert-OH is 1. The summed E-state index contributed by atoms with van der Waals surface area (Å²) in [5, 5.41) is 9.79. The molecule has 0 amide bonds. The molecule has 15 heavy (non-hydrogen) atoms. The van der Waals surface area contributed by atoms with Crippen LogP contribution < -0.4 is 5.73 Å². The first-order valence-electron chi connectivity index (χ1n) is 4.98. The van der Waals surface area contributed by atoms with Crippen LogP contribution in [-0.2, 0) is 0 Å². The van der Waals surface area contributed by atoms with E-state index in [2.05, 4.69) is 4.98 Å². The van der Waals surface area contributed by atoms with Crippen molar-refractivity contribution in [3.05, 3.63) is 35.4 Å². The van der Waals surface area contributed by atoms with Gasteiger partial charge in [0.15, 0.2) is 0 Å². The third kappa shape index (κ3) is 1.52. The molecule has 0 fully saturated rings. The van der Waals surface area contributed by atoms with E-state index in [1.807, 2.05) is 36.4 Å². The molecule has 2 rings (SSSR count). The van der Waals surface area contributed by atoms with Crippen LogP contribution in [0.2, 0.25) is 0 Å². The normalized spacial score (nSPS) is 13.3. The van der Waals surface area contributed by atoms with Gasteiger partial charge < -0.3 is 10.8 Å². The summed E-state index contributed by atoms with van der Waals surface area (Å²) < 4.78 is 1.95. The van der Waals surface area contributed by atoms with Gasteiger partial charge in [-0.3, -0.25) is 4.40 Å². The van der Waals surface area contributed by atoms with Crippen LogP contribution in [-0.4, -0.2) is 21.0 Å². The summed E-state index contributed by atoms with van der Waals surface area (Å²) in [5.74, 6) is 0.880. The van der Waals surface area contributed by atoms with Gasteiger partial charge in [0.05, 0.1) is 16.9 Å². The predicted octanol–water partition coefficient (Wildman–Crippen LogP) is 0.943. The molecular weight excluding hydrogens is 190 g/mol. The molecule has 0 aliphatic heterocycles. The Hall–Kier alpha value is -1.39. The fourth-order valence-corrected chi connectivity index (χ4v) is 1.90. The van der Waals surface area contributed by atoms with Gasteiger partial charge in [0.25, 0.3) is 0 Å². The fraction of sp³-hybridized carbons (Fsp3) is 0.364. The largest absolute Gasteiger partial charge is 0.386 e. The van der Waals surface area contributed by atoms with Crippen LogP contribution in [0.4, 0.5) is 0 Å². The molecule has 0 radical (unpaired) electrons. The molecule has 2 aromatic heterocycles. The van der Waals surface area contributed by atoms with Crippen molar-refractivity contribution < 1.29 is 5.11 Å². The van der Waals surface area contributed by atoms with Gasteiger partial charge in [-0.25, -0.2) is 4.98 Å². The number of aromatic nitrogens is 2. The fourth-order valence-electron chi connectivity index (χ4n) is 1.90. The van der Waals surface area contributed by atoms with Crippen molar-refractivity contribution in [3.8, 4) is 0 Å². The SMILES string of the molecule is Cc1nc(C)n2c(C(O)CN)cccc12. The minimum atomic E-state index is -0.638. The lowest BCUT2D eigenvalue weighted by atomic mass is 10.2. The van der Waals surface area contributed by atoms with Gasteiger partial charge in [0.2, 0.25) is 0 Å². The van der Waals surface area contributed by atoms with Gasteiger partial charge in [-0.15, -0.1) is 0 Å². The average Bonchev–Trinajstić information content (AvgIpc) is 2.54. The Kier molecular flexibility index (Phi) is 2.46. The Bertz CT molecular complexity index is 490. The molecule has 2 aromatic rings. The quantitative estimate of drug-likeness (QED) is 0.767. The number of aryl methyl sites for hydroxylation is 2. The first-order valence-corrected chi connectivity index (χ1v) is 4.98. The van der Waals surface area contributed by atoms with Crippen molar-refractivity contribution >= 4 is 5.52 Å². The molecule has 3 N–H and O–H groups in total. The van der Waals surface area contributed by atoms with E-state index >= 15 is 0 Å². The van der Waals surface area contributed by atoms with E-state index in [-0.39, 0.29) is 6.54 Å². The smallest absolute Gasteiger partial charge is 0.110 e. The van der Waals surface area contributed by atoms with Gasteiger partial charge >= 0.3 is 0 Å². The van der Waals surface area contributed by atoms with Crippen LogP contribution in [0.3, 0.4) is 0 Å². The number of nitrogens with two attached hydrogens (primary N) is 1. The van der Waals surface area contributed by atoms with E-state index in [0.29, 0.717) is 0 Å². The maximum atomic E-state index is 9.79. The summed E-state index contributed by atoms with van der Waals surface area (Å²) in [6, 6.07) is 5.78. The Balaban J connectivity index is 2.75. The molecule has 0 saturated heterocycles. The monoisotopic (exact) mass is 205 g/mol. The van der Waals surface area contributed by atoms with Crippen molar-refractivity contribution in [2.45, 2.75) is 20.0 Å². The lowest BCUT2D eigenvalue weighted by Crippen LogP contribution is -2.15. The molecule has 0 aromatic carbocycles. The van der Waals surface area contributed by atoms with Crippen molar-refractivity contribution in [2.75, 3.05) is 6.54 Å². The second-order valence-corrected chi connectivity index (χ2v) is 3.67. The minimum absolute atomic E-state index is 0.218. The van der Waals surface area contributed by atoms with Crippen LogP contribution >= 0.6 is 0 Å². The van der Waals surface area contributed by atoms with E-state index < -0.39 is 6.10 Å². The molecule has 0 spiro atoms. The lowest BCUT2D eigenvalue weighted by Gasteiger charge is -2.11. The third-order valence-electron chi connectivity index (χ3n) is 2.61. The highest BCUT2D eigenvalue weighted by atomic mass is 16.3. The Morgan fingerprint density at radius 2 is 2.20 bits per heavy atom. The van der Waals surface area contributed by atoms with Crippen molar-refractivity contribution in [1.29, 1.82) is 0 Å². The maximum absolute atomic E-state index is 9.79. The zero-order valence-electron chi connectivity index (χ0n) is 8.94. The zero-order valence-corrected chi connectivity index (χ0v) is 8.94. The molecular formula is C11H15N3O. The summed E-state index contributed by atoms with van der Waals surface area (Å²) in [4.78, 5) is 4.38. The number of imidazole rings is 1. The standard InChI is InChI=1S/C11H15N3O/c1-7-9-4-3-5-10(11(15)6-12)14(9)8(2)13-7/h3-5,11,15H,6,12H2,1-2H3. The molecule has 0 bridgehead atoms. The van der Waals surface area contributed by atoms with Crippen molar-refractivity contribution in [1.82, 2.24) is 9.38 Å². The summed E-state index contributed by atoms with van der Waals surface area (Å²) >= 11 is 0. The van der Waals surface area contributed by atoms with Gasteiger partial charge in [-0.2, -0.15) is 0 Å². The molecule has 0 aliphatic carbocycles. The van der Waals surface area contributed by atoms with Crippen LogP contribution in [0.15, 0.2) is 18.2 Å². The van der Waals surface area contributed by atoms with E-state index in [4.69, 9.17) is 5.73 Å². The number of pyridine rings is 1. The second-order valence-electron chi connectivity index (χ2n) is 3.67. The van der Waals surface area contributed by atoms with E-state index in [9.17, 15) is 5.11 Å². The Labute approximate surface area is 88.4 Å². The van der Waals surface area contributed by atoms with E-state index in [1.165, 1.54) is 0 Å². The summed E-state index contributed by atoms with van der Waals surface area (Å²) in [6.45, 7) is 4.10. The maximum Gasteiger partial charge on any atom is 0.110 e. The predicted molar refractivity (Wildman–Crippen MR) is 58.7 cm³/mol. The molecule has 4 heteroatoms. The van der Waals surface area contributed by atoms with Gasteiger partial charge in [0, 0.05) is 6.54 Å². The average molecular weight is 205 g/mol. The Morgan fingerprint density at radius 3 is 2.87 bits per heavy atom. The van der Waals surface area contributed by atoms with Gasteiger partial charge in [-0.05, 0) is 26.0 Å². The zero-order chi connectivity index (χ0) is 11.0. The number of hydrogen-bond acceptors (Lipinski definition) is 3. The molecule has 2 heterocycles. The molecule has 1 atom stereocenters. The summed E-state index contributed by atoms with van der Waals surface area (Å²) in [5.41, 5.74) is 8.26. The molecule has 0 aliphatic rings. The Morgan fingerprint density at radius 1 is 1.47 bits per heavy atom. The van der Waals surface area contributed by atoms with Crippen LogP contribution in [0.25, 0.3) is 5.52 Å². The number of fused-ring (bicyclic) bond motifs is 1. The van der Waals surface area contributed by atoms with Gasteiger partial charge in [0.1, 0.15) is 11.9 Å². The highest BCUT2D eigenvalue weighted by Crippen LogP contribution is 2.19. The second kappa shape index (κ2) is 3.64. The molecule has 80 valence electrons.